The zero-order valence-electron chi connectivity index (χ0n) is 10.9. The topological polar surface area (TPSA) is 39.9 Å². The van der Waals surface area contributed by atoms with Crippen molar-refractivity contribution in [2.24, 2.45) is 7.05 Å². The molecule has 2 aromatic heterocycles. The van der Waals surface area contributed by atoms with Crippen molar-refractivity contribution >= 4 is 22.6 Å². The zero-order valence-corrected chi connectivity index (χ0v) is 11.6. The standard InChI is InChI=1S/C14H11ClFN3O/c1-19-14-10(6-9(15)7-17-14)13(18-19)8-3-4-12(20-2)11(16)5-8/h3-7H,1-2H3. The quantitative estimate of drug-likeness (QED) is 0.726. The number of halogens is 2. The van der Waals surface area contributed by atoms with Crippen LogP contribution in [-0.2, 0) is 7.05 Å². The van der Waals surface area contributed by atoms with Gasteiger partial charge in [-0.25, -0.2) is 14.1 Å². The van der Waals surface area contributed by atoms with Crippen LogP contribution in [0.25, 0.3) is 22.3 Å². The molecule has 0 amide bonds. The molecule has 2 heterocycles. The van der Waals surface area contributed by atoms with E-state index in [1.54, 1.807) is 36.1 Å². The Bertz CT molecular complexity index is 800. The Hall–Kier alpha value is -2.14. The highest BCUT2D eigenvalue weighted by Crippen LogP contribution is 2.30. The Balaban J connectivity index is 2.24. The molecule has 0 aliphatic rings. The molecule has 0 atom stereocenters. The molecule has 0 unspecified atom stereocenters. The molecule has 3 aromatic rings. The van der Waals surface area contributed by atoms with Crippen LogP contribution in [0.3, 0.4) is 0 Å². The van der Waals surface area contributed by atoms with Crippen LogP contribution in [0.2, 0.25) is 5.02 Å². The SMILES string of the molecule is COc1ccc(-c2nn(C)c3ncc(Cl)cc23)cc1F. The van der Waals surface area contributed by atoms with E-state index in [1.165, 1.54) is 13.2 Å². The van der Waals surface area contributed by atoms with E-state index < -0.39 is 5.82 Å². The maximum absolute atomic E-state index is 13.8. The summed E-state index contributed by atoms with van der Waals surface area (Å²) in [5.41, 5.74) is 1.98. The second kappa shape index (κ2) is 4.76. The van der Waals surface area contributed by atoms with Crippen molar-refractivity contribution in [3.05, 3.63) is 41.3 Å². The van der Waals surface area contributed by atoms with E-state index in [4.69, 9.17) is 16.3 Å². The van der Waals surface area contributed by atoms with Gasteiger partial charge in [0.25, 0.3) is 0 Å². The fraction of sp³-hybridized carbons (Fsp3) is 0.143. The summed E-state index contributed by atoms with van der Waals surface area (Å²) in [5, 5.41) is 5.68. The summed E-state index contributed by atoms with van der Waals surface area (Å²) in [5.74, 6) is -0.232. The molecule has 0 saturated heterocycles. The Labute approximate surface area is 119 Å². The minimum absolute atomic E-state index is 0.199. The number of hydrogen-bond acceptors (Lipinski definition) is 3. The molecule has 0 radical (unpaired) electrons. The van der Waals surface area contributed by atoms with Crippen molar-refractivity contribution in [2.45, 2.75) is 0 Å². The van der Waals surface area contributed by atoms with E-state index in [-0.39, 0.29) is 5.75 Å². The number of nitrogens with zero attached hydrogens (tertiary/aromatic N) is 3. The molecule has 0 bridgehead atoms. The van der Waals surface area contributed by atoms with E-state index in [9.17, 15) is 4.39 Å². The lowest BCUT2D eigenvalue weighted by molar-refractivity contribution is 0.386. The highest BCUT2D eigenvalue weighted by molar-refractivity contribution is 6.31. The average molecular weight is 292 g/mol. The Kier molecular flexibility index (Phi) is 3.06. The Morgan fingerprint density at radius 3 is 2.80 bits per heavy atom. The van der Waals surface area contributed by atoms with Crippen molar-refractivity contribution in [1.29, 1.82) is 0 Å². The molecule has 0 aliphatic heterocycles. The van der Waals surface area contributed by atoms with Gasteiger partial charge in [0.15, 0.2) is 17.2 Å². The van der Waals surface area contributed by atoms with Gasteiger partial charge in [0.05, 0.1) is 12.1 Å². The molecule has 0 spiro atoms. The molecule has 20 heavy (non-hydrogen) atoms. The maximum atomic E-state index is 13.8. The lowest BCUT2D eigenvalue weighted by Crippen LogP contribution is -1.92. The van der Waals surface area contributed by atoms with Gasteiger partial charge in [0, 0.05) is 24.2 Å². The largest absolute Gasteiger partial charge is 0.494 e. The predicted octanol–water partition coefficient (Wildman–Crippen LogP) is 3.44. The average Bonchev–Trinajstić information content (AvgIpc) is 2.75. The van der Waals surface area contributed by atoms with Crippen molar-refractivity contribution in [3.63, 3.8) is 0 Å². The fourth-order valence-electron chi connectivity index (χ4n) is 2.14. The first-order valence-electron chi connectivity index (χ1n) is 5.92. The van der Waals surface area contributed by atoms with Crippen LogP contribution >= 0.6 is 11.6 Å². The first kappa shape index (κ1) is 12.9. The van der Waals surface area contributed by atoms with Crippen molar-refractivity contribution < 1.29 is 9.13 Å². The van der Waals surface area contributed by atoms with Gasteiger partial charge in [0.1, 0.15) is 5.69 Å². The van der Waals surface area contributed by atoms with Crippen LogP contribution in [0.15, 0.2) is 30.5 Å². The highest BCUT2D eigenvalue weighted by atomic mass is 35.5. The van der Waals surface area contributed by atoms with Gasteiger partial charge in [0.2, 0.25) is 0 Å². The molecule has 0 aliphatic carbocycles. The molecule has 0 saturated carbocycles. The molecular weight excluding hydrogens is 281 g/mol. The van der Waals surface area contributed by atoms with Gasteiger partial charge in [-0.15, -0.1) is 0 Å². The van der Waals surface area contributed by atoms with Gasteiger partial charge in [-0.05, 0) is 24.3 Å². The lowest BCUT2D eigenvalue weighted by Gasteiger charge is -2.03. The molecular formula is C14H11ClFN3O. The van der Waals surface area contributed by atoms with Gasteiger partial charge in [-0.2, -0.15) is 5.10 Å². The summed E-state index contributed by atoms with van der Waals surface area (Å²) in [7, 11) is 3.21. The van der Waals surface area contributed by atoms with E-state index in [0.29, 0.717) is 21.9 Å². The van der Waals surface area contributed by atoms with E-state index in [1.807, 2.05) is 0 Å². The minimum Gasteiger partial charge on any atom is -0.494 e. The van der Waals surface area contributed by atoms with Crippen LogP contribution in [0.1, 0.15) is 0 Å². The summed E-state index contributed by atoms with van der Waals surface area (Å²) >= 11 is 5.97. The third-order valence-electron chi connectivity index (χ3n) is 3.07. The Morgan fingerprint density at radius 2 is 2.10 bits per heavy atom. The molecule has 0 N–H and O–H groups in total. The molecule has 102 valence electrons. The number of benzene rings is 1. The smallest absolute Gasteiger partial charge is 0.165 e. The van der Waals surface area contributed by atoms with E-state index in [2.05, 4.69) is 10.1 Å². The maximum Gasteiger partial charge on any atom is 0.165 e. The summed E-state index contributed by atoms with van der Waals surface area (Å²) in [4.78, 5) is 4.23. The number of fused-ring (bicyclic) bond motifs is 1. The zero-order chi connectivity index (χ0) is 14.3. The van der Waals surface area contributed by atoms with Crippen LogP contribution in [0.5, 0.6) is 5.75 Å². The van der Waals surface area contributed by atoms with Crippen LogP contribution in [0.4, 0.5) is 4.39 Å². The molecule has 6 heteroatoms. The highest BCUT2D eigenvalue weighted by Gasteiger charge is 2.14. The minimum atomic E-state index is -0.432. The van der Waals surface area contributed by atoms with Crippen LogP contribution in [-0.4, -0.2) is 21.9 Å². The molecule has 3 rings (SSSR count). The first-order valence-corrected chi connectivity index (χ1v) is 6.30. The molecule has 4 nitrogen and oxygen atoms in total. The number of ether oxygens (including phenoxy) is 1. The number of hydrogen-bond donors (Lipinski definition) is 0. The van der Waals surface area contributed by atoms with Gasteiger partial charge in [-0.1, -0.05) is 11.6 Å². The monoisotopic (exact) mass is 291 g/mol. The summed E-state index contributed by atoms with van der Waals surface area (Å²) in [6, 6.07) is 6.49. The summed E-state index contributed by atoms with van der Waals surface area (Å²) in [6.45, 7) is 0. The van der Waals surface area contributed by atoms with Gasteiger partial charge in [-0.3, -0.25) is 0 Å². The molecule has 0 fully saturated rings. The summed E-state index contributed by atoms with van der Waals surface area (Å²) < 4.78 is 20.4. The Morgan fingerprint density at radius 1 is 1.30 bits per heavy atom. The lowest BCUT2D eigenvalue weighted by atomic mass is 10.1. The van der Waals surface area contributed by atoms with E-state index in [0.717, 1.165) is 5.39 Å². The fourth-order valence-corrected chi connectivity index (χ4v) is 2.30. The summed E-state index contributed by atoms with van der Waals surface area (Å²) in [6.07, 6.45) is 1.56. The number of aromatic nitrogens is 3. The van der Waals surface area contributed by atoms with Crippen molar-refractivity contribution in [1.82, 2.24) is 14.8 Å². The number of methoxy groups -OCH3 is 1. The second-order valence-electron chi connectivity index (χ2n) is 4.35. The molecule has 1 aromatic carbocycles. The number of aryl methyl sites for hydroxylation is 1. The van der Waals surface area contributed by atoms with Gasteiger partial charge < -0.3 is 4.74 Å². The third kappa shape index (κ3) is 2.00. The first-order chi connectivity index (χ1) is 9.60. The number of pyridine rings is 1. The van der Waals surface area contributed by atoms with Crippen LogP contribution in [0, 0.1) is 5.82 Å². The van der Waals surface area contributed by atoms with Crippen molar-refractivity contribution in [2.75, 3.05) is 7.11 Å². The number of rotatable bonds is 2. The third-order valence-corrected chi connectivity index (χ3v) is 3.28. The van der Waals surface area contributed by atoms with Gasteiger partial charge >= 0.3 is 0 Å². The van der Waals surface area contributed by atoms with Crippen LogP contribution < -0.4 is 4.74 Å². The van der Waals surface area contributed by atoms with E-state index >= 15 is 0 Å². The second-order valence-corrected chi connectivity index (χ2v) is 4.78. The predicted molar refractivity (Wildman–Crippen MR) is 75.5 cm³/mol. The normalized spacial score (nSPS) is 11.0. The van der Waals surface area contributed by atoms with Crippen molar-refractivity contribution in [3.8, 4) is 17.0 Å².